The molecule has 0 unspecified atom stereocenters. The van der Waals surface area contributed by atoms with Crippen LogP contribution in [0.15, 0.2) is 48.5 Å². The number of anilines is 1. The average Bonchev–Trinajstić information content (AvgIpc) is 2.84. The standard InChI is InChI=1S/C27H39N3O5S/c1-7-21(3)28-27(32)22(4)29(19-23-10-8-11-25(18-23)35-5)26(31)12-9-17-30(36(6,33)34)24-15-13-20(2)14-16-24/h8,10-11,13-16,18,21-22H,7,9,12,17,19H2,1-6H3,(H,28,32)/t21-,22-/m0/s1. The maximum Gasteiger partial charge on any atom is 0.242 e. The van der Waals surface area contributed by atoms with E-state index in [0.29, 0.717) is 17.9 Å². The Morgan fingerprint density at radius 3 is 2.33 bits per heavy atom. The molecule has 9 heteroatoms. The van der Waals surface area contributed by atoms with Gasteiger partial charge in [0.2, 0.25) is 21.8 Å². The third-order valence-corrected chi connectivity index (χ3v) is 7.32. The van der Waals surface area contributed by atoms with Crippen molar-refractivity contribution in [2.45, 2.75) is 65.6 Å². The number of hydrogen-bond acceptors (Lipinski definition) is 5. The number of carbonyl (C=O) groups is 2. The minimum absolute atomic E-state index is 0.00782. The molecule has 0 bridgehead atoms. The summed E-state index contributed by atoms with van der Waals surface area (Å²) in [6.45, 7) is 7.95. The second-order valence-corrected chi connectivity index (χ2v) is 11.0. The van der Waals surface area contributed by atoms with Crippen molar-refractivity contribution in [2.75, 3.05) is 24.2 Å². The van der Waals surface area contributed by atoms with Gasteiger partial charge in [0.1, 0.15) is 11.8 Å². The van der Waals surface area contributed by atoms with Gasteiger partial charge in [0.05, 0.1) is 19.1 Å². The molecular weight excluding hydrogens is 478 g/mol. The summed E-state index contributed by atoms with van der Waals surface area (Å²) in [5, 5.41) is 2.95. The number of benzene rings is 2. The first kappa shape index (κ1) is 29.2. The number of methoxy groups -OCH3 is 1. The normalized spacial score (nSPS) is 12.9. The SMILES string of the molecule is CC[C@H](C)NC(=O)[C@H](C)N(Cc1cccc(OC)c1)C(=O)CCCN(c1ccc(C)cc1)S(C)(=O)=O. The highest BCUT2D eigenvalue weighted by Gasteiger charge is 2.27. The van der Waals surface area contributed by atoms with Crippen LogP contribution in [0.1, 0.15) is 51.2 Å². The van der Waals surface area contributed by atoms with Gasteiger partial charge in [-0.3, -0.25) is 13.9 Å². The van der Waals surface area contributed by atoms with Crippen molar-refractivity contribution in [1.29, 1.82) is 0 Å². The maximum absolute atomic E-state index is 13.4. The first-order valence-corrected chi connectivity index (χ1v) is 14.1. The molecule has 2 aromatic rings. The zero-order valence-corrected chi connectivity index (χ0v) is 23.0. The topological polar surface area (TPSA) is 96.0 Å². The fraction of sp³-hybridized carbons (Fsp3) is 0.481. The van der Waals surface area contributed by atoms with Crippen LogP contribution >= 0.6 is 0 Å². The van der Waals surface area contributed by atoms with E-state index in [1.807, 2.05) is 57.2 Å². The molecule has 0 fully saturated rings. The van der Waals surface area contributed by atoms with Crippen LogP contribution in [0, 0.1) is 6.92 Å². The zero-order valence-electron chi connectivity index (χ0n) is 22.2. The van der Waals surface area contributed by atoms with E-state index in [1.54, 1.807) is 31.1 Å². The third-order valence-electron chi connectivity index (χ3n) is 6.13. The van der Waals surface area contributed by atoms with Crippen LogP contribution in [0.3, 0.4) is 0 Å². The molecule has 198 valence electrons. The second-order valence-electron chi connectivity index (χ2n) is 9.14. The summed E-state index contributed by atoms with van der Waals surface area (Å²) in [6, 6.07) is 13.9. The van der Waals surface area contributed by atoms with Crippen LogP contribution in [-0.2, 0) is 26.2 Å². The predicted molar refractivity (Wildman–Crippen MR) is 144 cm³/mol. The highest BCUT2D eigenvalue weighted by atomic mass is 32.2. The average molecular weight is 518 g/mol. The molecule has 8 nitrogen and oxygen atoms in total. The smallest absolute Gasteiger partial charge is 0.242 e. The van der Waals surface area contributed by atoms with E-state index in [2.05, 4.69) is 5.32 Å². The maximum atomic E-state index is 13.4. The molecule has 0 radical (unpaired) electrons. The Morgan fingerprint density at radius 2 is 1.75 bits per heavy atom. The summed E-state index contributed by atoms with van der Waals surface area (Å²) in [4.78, 5) is 27.8. The summed E-state index contributed by atoms with van der Waals surface area (Å²) < 4.78 is 31.5. The van der Waals surface area contributed by atoms with Gasteiger partial charge in [-0.05, 0) is 63.4 Å². The molecule has 1 N–H and O–H groups in total. The van der Waals surface area contributed by atoms with Gasteiger partial charge in [-0.15, -0.1) is 0 Å². The molecule has 0 aliphatic rings. The summed E-state index contributed by atoms with van der Waals surface area (Å²) in [5.74, 6) is 0.221. The largest absolute Gasteiger partial charge is 0.497 e. The molecule has 0 spiro atoms. The molecule has 2 amide bonds. The van der Waals surface area contributed by atoms with Crippen LogP contribution in [0.5, 0.6) is 5.75 Å². The van der Waals surface area contributed by atoms with Gasteiger partial charge in [-0.25, -0.2) is 8.42 Å². The predicted octanol–water partition coefficient (Wildman–Crippen LogP) is 3.88. The highest BCUT2D eigenvalue weighted by molar-refractivity contribution is 7.92. The number of nitrogens with zero attached hydrogens (tertiary/aromatic N) is 2. The number of sulfonamides is 1. The van der Waals surface area contributed by atoms with Gasteiger partial charge in [0.25, 0.3) is 0 Å². The van der Waals surface area contributed by atoms with E-state index < -0.39 is 16.1 Å². The van der Waals surface area contributed by atoms with E-state index in [0.717, 1.165) is 23.8 Å². The van der Waals surface area contributed by atoms with Crippen molar-refractivity contribution in [3.63, 3.8) is 0 Å². The molecule has 36 heavy (non-hydrogen) atoms. The van der Waals surface area contributed by atoms with E-state index in [4.69, 9.17) is 4.74 Å². The molecular formula is C27H39N3O5S. The van der Waals surface area contributed by atoms with Gasteiger partial charge >= 0.3 is 0 Å². The number of amides is 2. The van der Waals surface area contributed by atoms with Crippen LogP contribution in [-0.4, -0.2) is 57.1 Å². The fourth-order valence-corrected chi connectivity index (χ4v) is 4.70. The van der Waals surface area contributed by atoms with Gasteiger partial charge in [-0.2, -0.15) is 0 Å². The molecule has 2 rings (SSSR count). The number of carbonyl (C=O) groups excluding carboxylic acids is 2. The molecule has 0 aromatic heterocycles. The lowest BCUT2D eigenvalue weighted by Gasteiger charge is -2.30. The first-order chi connectivity index (χ1) is 17.0. The van der Waals surface area contributed by atoms with Crippen LogP contribution in [0.2, 0.25) is 0 Å². The van der Waals surface area contributed by atoms with Gasteiger partial charge in [-0.1, -0.05) is 36.8 Å². The van der Waals surface area contributed by atoms with Crippen molar-refractivity contribution < 1.29 is 22.7 Å². The summed E-state index contributed by atoms with van der Waals surface area (Å²) in [5.41, 5.74) is 2.42. The Morgan fingerprint density at radius 1 is 1.08 bits per heavy atom. The lowest BCUT2D eigenvalue weighted by atomic mass is 10.1. The molecule has 0 aliphatic heterocycles. The summed E-state index contributed by atoms with van der Waals surface area (Å²) in [6.07, 6.45) is 2.35. The Bertz CT molecular complexity index is 1120. The van der Waals surface area contributed by atoms with Crippen LogP contribution in [0.4, 0.5) is 5.69 Å². The third kappa shape index (κ3) is 8.55. The molecule has 2 atom stereocenters. The number of hydrogen-bond donors (Lipinski definition) is 1. The van der Waals surface area contributed by atoms with E-state index in [1.165, 1.54) is 4.31 Å². The van der Waals surface area contributed by atoms with Crippen LogP contribution in [0.25, 0.3) is 0 Å². The lowest BCUT2D eigenvalue weighted by Crippen LogP contribution is -2.49. The number of nitrogens with one attached hydrogen (secondary N) is 1. The monoisotopic (exact) mass is 517 g/mol. The van der Waals surface area contributed by atoms with Crippen molar-refractivity contribution >= 4 is 27.5 Å². The van der Waals surface area contributed by atoms with E-state index >= 15 is 0 Å². The quantitative estimate of drug-likeness (QED) is 0.435. The summed E-state index contributed by atoms with van der Waals surface area (Å²) >= 11 is 0. The van der Waals surface area contributed by atoms with E-state index in [9.17, 15) is 18.0 Å². The second kappa shape index (κ2) is 13.3. The van der Waals surface area contributed by atoms with Crippen molar-refractivity contribution in [2.24, 2.45) is 0 Å². The molecule has 0 aliphatic carbocycles. The Balaban J connectivity index is 2.18. The fourth-order valence-electron chi connectivity index (χ4n) is 3.73. The molecule has 2 aromatic carbocycles. The van der Waals surface area contributed by atoms with Gasteiger partial charge < -0.3 is 15.0 Å². The summed E-state index contributed by atoms with van der Waals surface area (Å²) in [7, 11) is -1.95. The number of ether oxygens (including phenoxy) is 1. The zero-order chi connectivity index (χ0) is 26.9. The first-order valence-electron chi connectivity index (χ1n) is 12.2. The lowest BCUT2D eigenvalue weighted by molar-refractivity contribution is -0.140. The molecule has 0 saturated carbocycles. The number of rotatable bonds is 13. The number of aryl methyl sites for hydroxylation is 1. The van der Waals surface area contributed by atoms with Gasteiger partial charge in [0.15, 0.2) is 0 Å². The van der Waals surface area contributed by atoms with Gasteiger partial charge in [0, 0.05) is 25.6 Å². The molecule has 0 heterocycles. The highest BCUT2D eigenvalue weighted by Crippen LogP contribution is 2.20. The van der Waals surface area contributed by atoms with Crippen molar-refractivity contribution in [1.82, 2.24) is 10.2 Å². The minimum Gasteiger partial charge on any atom is -0.497 e. The Kier molecular flexibility index (Phi) is 10.8. The Labute approximate surface area is 215 Å². The molecule has 0 saturated heterocycles. The van der Waals surface area contributed by atoms with E-state index in [-0.39, 0.29) is 37.4 Å². The minimum atomic E-state index is -3.52. The van der Waals surface area contributed by atoms with Crippen molar-refractivity contribution in [3.8, 4) is 5.75 Å². The Hall–Kier alpha value is -3.07. The van der Waals surface area contributed by atoms with Crippen LogP contribution < -0.4 is 14.4 Å². The van der Waals surface area contributed by atoms with Crippen molar-refractivity contribution in [3.05, 3.63) is 59.7 Å².